The van der Waals surface area contributed by atoms with Crippen LogP contribution in [0.2, 0.25) is 0 Å². The number of anilines is 1. The molecule has 1 aliphatic carbocycles. The molecule has 4 rings (SSSR count). The first-order valence-corrected chi connectivity index (χ1v) is 10.6. The fourth-order valence-electron chi connectivity index (χ4n) is 3.93. The number of amides is 2. The second kappa shape index (κ2) is 8.07. The molecule has 1 saturated heterocycles. The minimum absolute atomic E-state index is 0.0182. The van der Waals surface area contributed by atoms with Gasteiger partial charge >= 0.3 is 6.03 Å². The van der Waals surface area contributed by atoms with Gasteiger partial charge in [0.05, 0.1) is 6.04 Å². The average molecular weight is 444 g/mol. The third-order valence-corrected chi connectivity index (χ3v) is 6.72. The van der Waals surface area contributed by atoms with Crippen LogP contribution in [0.1, 0.15) is 36.3 Å². The number of carbonyl (C=O) groups is 1. The van der Waals surface area contributed by atoms with Crippen LogP contribution in [0.5, 0.6) is 0 Å². The molecule has 7 heteroatoms. The van der Waals surface area contributed by atoms with E-state index in [2.05, 4.69) is 61.5 Å². The number of aromatic nitrogens is 2. The van der Waals surface area contributed by atoms with Crippen molar-refractivity contribution in [2.24, 2.45) is 0 Å². The minimum atomic E-state index is 0.0182. The maximum Gasteiger partial charge on any atom is 0.317 e. The van der Waals surface area contributed by atoms with Crippen molar-refractivity contribution in [1.29, 1.82) is 0 Å². The summed E-state index contributed by atoms with van der Waals surface area (Å²) in [6.07, 6.45) is 4.75. The highest BCUT2D eigenvalue weighted by Gasteiger charge is 2.40. The molecule has 2 aliphatic rings. The van der Waals surface area contributed by atoms with Crippen molar-refractivity contribution in [3.8, 4) is 0 Å². The number of likely N-dealkylation sites (N-methyl/N-ethyl adjacent to an activating group) is 1. The first kappa shape index (κ1) is 19.2. The van der Waals surface area contributed by atoms with Gasteiger partial charge in [-0.05, 0) is 55.5 Å². The van der Waals surface area contributed by atoms with Crippen LogP contribution in [0.15, 0.2) is 41.0 Å². The molecule has 0 bridgehead atoms. The quantitative estimate of drug-likeness (QED) is 0.781. The molecular formula is C21H26BrN5O. The van der Waals surface area contributed by atoms with Crippen molar-refractivity contribution in [2.45, 2.75) is 44.2 Å². The normalized spacial score (nSPS) is 24.0. The molecule has 3 atom stereocenters. The highest BCUT2D eigenvalue weighted by molar-refractivity contribution is 9.10. The number of hydrogen-bond donors (Lipinski definition) is 1. The number of rotatable bonds is 4. The Bertz CT molecular complexity index is 846. The summed E-state index contributed by atoms with van der Waals surface area (Å²) in [5.41, 5.74) is 2.52. The van der Waals surface area contributed by atoms with Gasteiger partial charge in [0, 0.05) is 42.8 Å². The molecule has 0 radical (unpaired) electrons. The number of benzene rings is 1. The molecule has 1 aromatic carbocycles. The van der Waals surface area contributed by atoms with E-state index in [1.165, 1.54) is 11.1 Å². The monoisotopic (exact) mass is 443 g/mol. The van der Waals surface area contributed by atoms with Gasteiger partial charge in [-0.15, -0.1) is 5.10 Å². The number of aryl methyl sites for hydroxylation is 1. The van der Waals surface area contributed by atoms with E-state index in [1.54, 1.807) is 6.20 Å². The molecule has 6 nitrogen and oxygen atoms in total. The SMILES string of the molecule is Cc1ccc([C@@H]2C[C@H]2NC(=O)N(C)[C@@H]2CCCN(c3cccnn3)C2)cc1Br. The van der Waals surface area contributed by atoms with E-state index in [-0.39, 0.29) is 18.1 Å². The summed E-state index contributed by atoms with van der Waals surface area (Å²) >= 11 is 3.60. The second-order valence-electron chi connectivity index (χ2n) is 7.84. The Morgan fingerprint density at radius 2 is 2.21 bits per heavy atom. The highest BCUT2D eigenvalue weighted by atomic mass is 79.9. The maximum absolute atomic E-state index is 12.8. The van der Waals surface area contributed by atoms with Crippen molar-refractivity contribution in [2.75, 3.05) is 25.0 Å². The molecule has 2 fully saturated rings. The highest BCUT2D eigenvalue weighted by Crippen LogP contribution is 2.42. The van der Waals surface area contributed by atoms with Crippen molar-refractivity contribution < 1.29 is 4.79 Å². The Kier molecular flexibility index (Phi) is 5.53. The molecule has 1 aliphatic heterocycles. The summed E-state index contributed by atoms with van der Waals surface area (Å²) in [5.74, 6) is 1.30. The van der Waals surface area contributed by atoms with Crippen LogP contribution < -0.4 is 10.2 Å². The van der Waals surface area contributed by atoms with Crippen LogP contribution in [-0.2, 0) is 0 Å². The Labute approximate surface area is 174 Å². The van der Waals surface area contributed by atoms with Crippen molar-refractivity contribution in [3.63, 3.8) is 0 Å². The second-order valence-corrected chi connectivity index (χ2v) is 8.70. The number of nitrogens with zero attached hydrogens (tertiary/aromatic N) is 4. The van der Waals surface area contributed by atoms with Crippen molar-refractivity contribution in [3.05, 3.63) is 52.1 Å². The molecule has 2 amide bonds. The molecule has 2 heterocycles. The number of nitrogens with one attached hydrogen (secondary N) is 1. The van der Waals surface area contributed by atoms with Gasteiger partial charge in [0.25, 0.3) is 0 Å². The van der Waals surface area contributed by atoms with E-state index in [0.717, 1.165) is 42.6 Å². The minimum Gasteiger partial charge on any atom is -0.353 e. The lowest BCUT2D eigenvalue weighted by Gasteiger charge is -2.38. The summed E-state index contributed by atoms with van der Waals surface area (Å²) in [5, 5.41) is 11.4. The zero-order chi connectivity index (χ0) is 19.7. The summed E-state index contributed by atoms with van der Waals surface area (Å²) in [6, 6.07) is 10.8. The lowest BCUT2D eigenvalue weighted by atomic mass is 10.0. The summed E-state index contributed by atoms with van der Waals surface area (Å²) in [7, 11) is 1.90. The predicted molar refractivity (Wildman–Crippen MR) is 114 cm³/mol. The van der Waals surface area contributed by atoms with Crippen LogP contribution in [0.4, 0.5) is 10.6 Å². The number of piperidine rings is 1. The molecule has 2 aromatic rings. The van der Waals surface area contributed by atoms with E-state index < -0.39 is 0 Å². The fourth-order valence-corrected chi connectivity index (χ4v) is 4.33. The molecule has 1 saturated carbocycles. The molecule has 148 valence electrons. The number of hydrogen-bond acceptors (Lipinski definition) is 4. The molecule has 0 spiro atoms. The van der Waals surface area contributed by atoms with E-state index in [4.69, 9.17) is 0 Å². The van der Waals surface area contributed by atoms with Gasteiger partial charge in [-0.1, -0.05) is 28.1 Å². The van der Waals surface area contributed by atoms with Gasteiger partial charge in [-0.2, -0.15) is 5.10 Å². The molecule has 1 N–H and O–H groups in total. The fraction of sp³-hybridized carbons (Fsp3) is 0.476. The van der Waals surface area contributed by atoms with Crippen LogP contribution in [0, 0.1) is 6.92 Å². The largest absolute Gasteiger partial charge is 0.353 e. The summed E-state index contributed by atoms with van der Waals surface area (Å²) in [6.45, 7) is 3.84. The van der Waals surface area contributed by atoms with E-state index in [1.807, 2.05) is 24.1 Å². The van der Waals surface area contributed by atoms with E-state index in [0.29, 0.717) is 5.92 Å². The lowest BCUT2D eigenvalue weighted by molar-refractivity contribution is 0.182. The van der Waals surface area contributed by atoms with Crippen molar-refractivity contribution >= 4 is 27.8 Å². The van der Waals surface area contributed by atoms with Gasteiger partial charge in [-0.3, -0.25) is 0 Å². The Balaban J connectivity index is 1.33. The van der Waals surface area contributed by atoms with Gasteiger partial charge in [-0.25, -0.2) is 4.79 Å². The van der Waals surface area contributed by atoms with Gasteiger partial charge < -0.3 is 15.1 Å². The first-order chi connectivity index (χ1) is 13.5. The third kappa shape index (κ3) is 4.14. The van der Waals surface area contributed by atoms with E-state index >= 15 is 0 Å². The summed E-state index contributed by atoms with van der Waals surface area (Å²) < 4.78 is 1.13. The topological polar surface area (TPSA) is 61.4 Å². The summed E-state index contributed by atoms with van der Waals surface area (Å²) in [4.78, 5) is 16.9. The molecule has 1 aromatic heterocycles. The molecule has 28 heavy (non-hydrogen) atoms. The van der Waals surface area contributed by atoms with E-state index in [9.17, 15) is 4.79 Å². The Morgan fingerprint density at radius 3 is 2.96 bits per heavy atom. The first-order valence-electron chi connectivity index (χ1n) is 9.85. The zero-order valence-electron chi connectivity index (χ0n) is 16.3. The zero-order valence-corrected chi connectivity index (χ0v) is 17.9. The van der Waals surface area contributed by atoms with Crippen LogP contribution in [0.25, 0.3) is 0 Å². The Hall–Kier alpha value is -2.15. The van der Waals surface area contributed by atoms with Crippen molar-refractivity contribution in [1.82, 2.24) is 20.4 Å². The molecule has 0 unspecified atom stereocenters. The lowest BCUT2D eigenvalue weighted by Crippen LogP contribution is -2.52. The number of halogens is 1. The van der Waals surface area contributed by atoms with Gasteiger partial charge in [0.2, 0.25) is 0 Å². The standard InChI is InChI=1S/C21H26BrN5O/c1-14-7-8-15(11-18(14)22)17-12-19(17)24-21(28)26(2)16-5-4-10-27(13-16)20-6-3-9-23-25-20/h3,6-9,11,16-17,19H,4-5,10,12-13H2,1-2H3,(H,24,28)/t16-,17+,19-/m1/s1. The van der Waals surface area contributed by atoms with Crippen LogP contribution in [0.3, 0.4) is 0 Å². The number of urea groups is 1. The number of carbonyl (C=O) groups excluding carboxylic acids is 1. The van der Waals surface area contributed by atoms with Crippen LogP contribution in [-0.4, -0.2) is 53.3 Å². The maximum atomic E-state index is 12.8. The third-order valence-electron chi connectivity index (χ3n) is 5.87. The predicted octanol–water partition coefficient (Wildman–Crippen LogP) is 3.71. The van der Waals surface area contributed by atoms with Gasteiger partial charge in [0.15, 0.2) is 5.82 Å². The smallest absolute Gasteiger partial charge is 0.317 e. The van der Waals surface area contributed by atoms with Crippen LogP contribution >= 0.6 is 15.9 Å². The molecular weight excluding hydrogens is 418 g/mol. The van der Waals surface area contributed by atoms with Gasteiger partial charge in [0.1, 0.15) is 0 Å². The average Bonchev–Trinajstić information content (AvgIpc) is 3.49. The Morgan fingerprint density at radius 1 is 1.36 bits per heavy atom.